The van der Waals surface area contributed by atoms with Crippen LogP contribution < -0.4 is 5.32 Å². The van der Waals surface area contributed by atoms with Gasteiger partial charge in [0.25, 0.3) is 0 Å². The standard InChI is InChI=1S/C12H22N2O.ClH/c1-14(9-10-4-2-3-5-10)12(15)11-6-7-13-8-11;/h10-11,13H,2-9H2,1H3;1H. The van der Waals surface area contributed by atoms with E-state index in [1.54, 1.807) is 0 Å². The maximum absolute atomic E-state index is 12.0. The van der Waals surface area contributed by atoms with Crippen molar-refractivity contribution in [3.63, 3.8) is 0 Å². The van der Waals surface area contributed by atoms with E-state index in [1.807, 2.05) is 11.9 Å². The van der Waals surface area contributed by atoms with Gasteiger partial charge in [0.1, 0.15) is 0 Å². The summed E-state index contributed by atoms with van der Waals surface area (Å²) in [5, 5.41) is 3.25. The molecule has 1 saturated heterocycles. The van der Waals surface area contributed by atoms with E-state index in [-0.39, 0.29) is 18.3 Å². The van der Waals surface area contributed by atoms with E-state index in [0.29, 0.717) is 5.91 Å². The Morgan fingerprint density at radius 2 is 2.00 bits per heavy atom. The Balaban J connectivity index is 0.00000128. The van der Waals surface area contributed by atoms with Gasteiger partial charge < -0.3 is 10.2 Å². The zero-order valence-corrected chi connectivity index (χ0v) is 10.9. The van der Waals surface area contributed by atoms with Gasteiger partial charge in [-0.05, 0) is 31.7 Å². The lowest BCUT2D eigenvalue weighted by Gasteiger charge is -2.23. The zero-order valence-electron chi connectivity index (χ0n) is 10.1. The molecule has 1 unspecified atom stereocenters. The first kappa shape index (κ1) is 13.8. The quantitative estimate of drug-likeness (QED) is 0.822. The summed E-state index contributed by atoms with van der Waals surface area (Å²) >= 11 is 0. The Morgan fingerprint density at radius 1 is 1.31 bits per heavy atom. The van der Waals surface area contributed by atoms with Gasteiger partial charge in [0, 0.05) is 20.1 Å². The molecule has 2 fully saturated rings. The third kappa shape index (κ3) is 3.36. The number of hydrogen-bond acceptors (Lipinski definition) is 2. The summed E-state index contributed by atoms with van der Waals surface area (Å²) in [7, 11) is 1.97. The zero-order chi connectivity index (χ0) is 10.7. The molecule has 0 aromatic carbocycles. The number of hydrogen-bond donors (Lipinski definition) is 1. The minimum absolute atomic E-state index is 0. The van der Waals surface area contributed by atoms with E-state index in [9.17, 15) is 4.79 Å². The van der Waals surface area contributed by atoms with Crippen molar-refractivity contribution in [1.82, 2.24) is 10.2 Å². The minimum Gasteiger partial charge on any atom is -0.345 e. The van der Waals surface area contributed by atoms with Crippen molar-refractivity contribution in [2.45, 2.75) is 32.1 Å². The van der Waals surface area contributed by atoms with Crippen LogP contribution in [0.2, 0.25) is 0 Å². The number of nitrogens with zero attached hydrogens (tertiary/aromatic N) is 1. The van der Waals surface area contributed by atoms with Crippen molar-refractivity contribution in [3.05, 3.63) is 0 Å². The molecule has 1 heterocycles. The SMILES string of the molecule is CN(CC1CCCC1)C(=O)C1CCNC1.Cl. The summed E-state index contributed by atoms with van der Waals surface area (Å²) in [4.78, 5) is 14.0. The highest BCUT2D eigenvalue weighted by atomic mass is 35.5. The van der Waals surface area contributed by atoms with Crippen LogP contribution in [0, 0.1) is 11.8 Å². The molecule has 1 aliphatic carbocycles. The second-order valence-electron chi connectivity index (χ2n) is 5.06. The number of carbonyl (C=O) groups is 1. The van der Waals surface area contributed by atoms with E-state index in [2.05, 4.69) is 5.32 Å². The molecular formula is C12H23ClN2O. The van der Waals surface area contributed by atoms with Gasteiger partial charge in [0.2, 0.25) is 5.91 Å². The Morgan fingerprint density at radius 3 is 2.56 bits per heavy atom. The van der Waals surface area contributed by atoms with Gasteiger partial charge in [-0.15, -0.1) is 12.4 Å². The predicted molar refractivity (Wildman–Crippen MR) is 67.8 cm³/mol. The topological polar surface area (TPSA) is 32.3 Å². The van der Waals surface area contributed by atoms with Crippen molar-refractivity contribution in [1.29, 1.82) is 0 Å². The second kappa shape index (κ2) is 6.45. The molecule has 1 amide bonds. The van der Waals surface area contributed by atoms with Gasteiger partial charge in [-0.1, -0.05) is 12.8 Å². The number of halogens is 1. The molecule has 16 heavy (non-hydrogen) atoms. The number of amides is 1. The molecule has 0 aromatic heterocycles. The average Bonchev–Trinajstić information content (AvgIpc) is 2.88. The Hall–Kier alpha value is -0.280. The Bertz CT molecular complexity index is 223. The van der Waals surface area contributed by atoms with Crippen molar-refractivity contribution in [3.8, 4) is 0 Å². The molecule has 1 saturated carbocycles. The Kier molecular flexibility index (Phi) is 5.56. The van der Waals surface area contributed by atoms with E-state index >= 15 is 0 Å². The normalized spacial score (nSPS) is 25.4. The summed E-state index contributed by atoms with van der Waals surface area (Å²) in [6.07, 6.45) is 6.38. The molecule has 1 atom stereocenters. The third-order valence-corrected chi connectivity index (χ3v) is 3.79. The molecule has 3 nitrogen and oxygen atoms in total. The molecule has 0 aromatic rings. The fourth-order valence-electron chi connectivity index (χ4n) is 2.85. The molecule has 2 aliphatic rings. The van der Waals surface area contributed by atoms with Crippen molar-refractivity contribution in [2.75, 3.05) is 26.7 Å². The maximum Gasteiger partial charge on any atom is 0.226 e. The smallest absolute Gasteiger partial charge is 0.226 e. The van der Waals surface area contributed by atoms with Crippen LogP contribution in [0.5, 0.6) is 0 Å². The molecule has 0 radical (unpaired) electrons. The lowest BCUT2D eigenvalue weighted by molar-refractivity contribution is -0.134. The minimum atomic E-state index is 0. The van der Waals surface area contributed by atoms with E-state index < -0.39 is 0 Å². The molecule has 2 rings (SSSR count). The highest BCUT2D eigenvalue weighted by Crippen LogP contribution is 2.25. The lowest BCUT2D eigenvalue weighted by Crippen LogP contribution is -2.36. The summed E-state index contributed by atoms with van der Waals surface area (Å²) in [5.41, 5.74) is 0. The summed E-state index contributed by atoms with van der Waals surface area (Å²) in [5.74, 6) is 1.37. The largest absolute Gasteiger partial charge is 0.345 e. The molecule has 0 bridgehead atoms. The van der Waals surface area contributed by atoms with Crippen LogP contribution in [0.3, 0.4) is 0 Å². The highest BCUT2D eigenvalue weighted by Gasteiger charge is 2.27. The van der Waals surface area contributed by atoms with Gasteiger partial charge in [-0.3, -0.25) is 4.79 Å². The van der Waals surface area contributed by atoms with Gasteiger partial charge in [0.15, 0.2) is 0 Å². The van der Waals surface area contributed by atoms with Crippen LogP contribution in [-0.2, 0) is 4.79 Å². The fourth-order valence-corrected chi connectivity index (χ4v) is 2.85. The molecular weight excluding hydrogens is 224 g/mol. The molecule has 0 spiro atoms. The van der Waals surface area contributed by atoms with Gasteiger partial charge in [-0.2, -0.15) is 0 Å². The maximum atomic E-state index is 12.0. The summed E-state index contributed by atoms with van der Waals surface area (Å²) in [6.45, 7) is 2.87. The van der Waals surface area contributed by atoms with Gasteiger partial charge in [-0.25, -0.2) is 0 Å². The Labute approximate surface area is 104 Å². The van der Waals surface area contributed by atoms with Crippen LogP contribution in [0.4, 0.5) is 0 Å². The number of carbonyl (C=O) groups excluding carboxylic acids is 1. The van der Waals surface area contributed by atoms with Crippen LogP contribution in [-0.4, -0.2) is 37.5 Å². The second-order valence-corrected chi connectivity index (χ2v) is 5.06. The van der Waals surface area contributed by atoms with Crippen LogP contribution in [0.15, 0.2) is 0 Å². The van der Waals surface area contributed by atoms with Crippen molar-refractivity contribution >= 4 is 18.3 Å². The molecule has 1 aliphatic heterocycles. The highest BCUT2D eigenvalue weighted by molar-refractivity contribution is 5.85. The van der Waals surface area contributed by atoms with Gasteiger partial charge >= 0.3 is 0 Å². The van der Waals surface area contributed by atoms with E-state index in [1.165, 1.54) is 25.7 Å². The molecule has 94 valence electrons. The lowest BCUT2D eigenvalue weighted by atomic mass is 10.0. The fraction of sp³-hybridized carbons (Fsp3) is 0.917. The molecule has 4 heteroatoms. The summed E-state index contributed by atoms with van der Waals surface area (Å²) < 4.78 is 0. The monoisotopic (exact) mass is 246 g/mol. The van der Waals surface area contributed by atoms with Crippen molar-refractivity contribution in [2.24, 2.45) is 11.8 Å². The van der Waals surface area contributed by atoms with E-state index in [0.717, 1.165) is 32.0 Å². The summed E-state index contributed by atoms with van der Waals surface area (Å²) in [6, 6.07) is 0. The first-order chi connectivity index (χ1) is 7.27. The van der Waals surface area contributed by atoms with E-state index in [4.69, 9.17) is 0 Å². The van der Waals surface area contributed by atoms with Crippen LogP contribution in [0.25, 0.3) is 0 Å². The van der Waals surface area contributed by atoms with Crippen LogP contribution >= 0.6 is 12.4 Å². The number of nitrogens with one attached hydrogen (secondary N) is 1. The van der Waals surface area contributed by atoms with Crippen molar-refractivity contribution < 1.29 is 4.79 Å². The van der Waals surface area contributed by atoms with Gasteiger partial charge in [0.05, 0.1) is 5.92 Å². The first-order valence-electron chi connectivity index (χ1n) is 6.23. The molecule has 1 N–H and O–H groups in total. The number of rotatable bonds is 3. The predicted octanol–water partition coefficient (Wildman–Crippen LogP) is 1.67. The van der Waals surface area contributed by atoms with Crippen LogP contribution in [0.1, 0.15) is 32.1 Å². The first-order valence-corrected chi connectivity index (χ1v) is 6.23. The average molecular weight is 247 g/mol. The third-order valence-electron chi connectivity index (χ3n) is 3.79.